The predicted octanol–water partition coefficient (Wildman–Crippen LogP) is 3.09. The first-order chi connectivity index (χ1) is 15.3. The van der Waals surface area contributed by atoms with Crippen molar-refractivity contribution in [2.45, 2.75) is 19.9 Å². The maximum Gasteiger partial charge on any atom is 0.337 e. The van der Waals surface area contributed by atoms with Gasteiger partial charge in [-0.05, 0) is 43.7 Å². The summed E-state index contributed by atoms with van der Waals surface area (Å²) in [6.45, 7) is 6.16. The fourth-order valence-corrected chi connectivity index (χ4v) is 4.05. The van der Waals surface area contributed by atoms with Gasteiger partial charge in [-0.15, -0.1) is 0 Å². The van der Waals surface area contributed by atoms with Crippen LogP contribution in [0.1, 0.15) is 34.5 Å². The smallest absolute Gasteiger partial charge is 0.337 e. The SMILES string of the molecule is Cc1cc([C@@H](C)Nc2ccc(F)cc2C(=O)O)c2nc(N3CCOCC3)n(C)c(=O)c2c1. The highest BCUT2D eigenvalue weighted by Gasteiger charge is 2.22. The van der Waals surface area contributed by atoms with Crippen molar-refractivity contribution in [3.05, 3.63) is 63.2 Å². The molecule has 8 nitrogen and oxygen atoms in total. The monoisotopic (exact) mass is 440 g/mol. The van der Waals surface area contributed by atoms with Crippen LogP contribution in [0, 0.1) is 12.7 Å². The van der Waals surface area contributed by atoms with E-state index in [9.17, 15) is 19.1 Å². The number of rotatable bonds is 5. The first-order valence-corrected chi connectivity index (χ1v) is 10.4. The van der Waals surface area contributed by atoms with Gasteiger partial charge in [0.1, 0.15) is 5.82 Å². The number of morpholine rings is 1. The Morgan fingerprint density at radius 1 is 1.25 bits per heavy atom. The molecule has 32 heavy (non-hydrogen) atoms. The predicted molar refractivity (Wildman–Crippen MR) is 120 cm³/mol. The van der Waals surface area contributed by atoms with Crippen LogP contribution in [0.5, 0.6) is 0 Å². The molecule has 3 aromatic rings. The van der Waals surface area contributed by atoms with E-state index in [1.54, 1.807) is 11.6 Å². The quantitative estimate of drug-likeness (QED) is 0.629. The van der Waals surface area contributed by atoms with Crippen LogP contribution in [0.25, 0.3) is 10.9 Å². The number of hydrogen-bond acceptors (Lipinski definition) is 6. The summed E-state index contributed by atoms with van der Waals surface area (Å²) in [5.74, 6) is -1.28. The topological polar surface area (TPSA) is 96.7 Å². The number of nitrogens with one attached hydrogen (secondary N) is 1. The molecule has 0 spiro atoms. The molecule has 1 aliphatic heterocycles. The molecule has 0 amide bonds. The summed E-state index contributed by atoms with van der Waals surface area (Å²) >= 11 is 0. The molecule has 2 aromatic carbocycles. The molecule has 1 fully saturated rings. The number of carboxylic acids is 1. The van der Waals surface area contributed by atoms with Gasteiger partial charge >= 0.3 is 5.97 Å². The summed E-state index contributed by atoms with van der Waals surface area (Å²) in [7, 11) is 1.71. The summed E-state index contributed by atoms with van der Waals surface area (Å²) in [4.78, 5) is 31.6. The molecule has 0 unspecified atom stereocenters. The average Bonchev–Trinajstić information content (AvgIpc) is 2.77. The van der Waals surface area contributed by atoms with Crippen molar-refractivity contribution in [3.63, 3.8) is 0 Å². The Kier molecular flexibility index (Phi) is 5.84. The second-order valence-corrected chi connectivity index (χ2v) is 7.99. The lowest BCUT2D eigenvalue weighted by molar-refractivity contribution is 0.0697. The Morgan fingerprint density at radius 2 is 1.97 bits per heavy atom. The number of aryl methyl sites for hydroxylation is 1. The average molecular weight is 440 g/mol. The normalized spacial score (nSPS) is 15.1. The molecular formula is C23H25FN4O4. The minimum Gasteiger partial charge on any atom is -0.478 e. The number of hydrogen-bond donors (Lipinski definition) is 2. The fraction of sp³-hybridized carbons (Fsp3) is 0.348. The van der Waals surface area contributed by atoms with Crippen LogP contribution in [0.3, 0.4) is 0 Å². The van der Waals surface area contributed by atoms with Crippen molar-refractivity contribution < 1.29 is 19.0 Å². The summed E-state index contributed by atoms with van der Waals surface area (Å²) in [6.07, 6.45) is 0. The van der Waals surface area contributed by atoms with E-state index in [0.29, 0.717) is 48.8 Å². The number of halogens is 1. The number of nitrogens with zero attached hydrogens (tertiary/aromatic N) is 3. The molecule has 0 aliphatic carbocycles. The molecule has 9 heteroatoms. The van der Waals surface area contributed by atoms with Crippen LogP contribution in [-0.2, 0) is 11.8 Å². The van der Waals surface area contributed by atoms with E-state index >= 15 is 0 Å². The maximum atomic E-state index is 13.6. The van der Waals surface area contributed by atoms with E-state index in [-0.39, 0.29) is 11.1 Å². The number of fused-ring (bicyclic) bond motifs is 1. The molecular weight excluding hydrogens is 415 g/mol. The van der Waals surface area contributed by atoms with Gasteiger partial charge in [0.2, 0.25) is 5.95 Å². The number of carbonyl (C=O) groups is 1. The van der Waals surface area contributed by atoms with Crippen molar-refractivity contribution in [1.29, 1.82) is 0 Å². The molecule has 2 N–H and O–H groups in total. The number of anilines is 2. The lowest BCUT2D eigenvalue weighted by atomic mass is 10.0. The van der Waals surface area contributed by atoms with E-state index in [2.05, 4.69) is 5.32 Å². The van der Waals surface area contributed by atoms with Gasteiger partial charge in [-0.3, -0.25) is 9.36 Å². The summed E-state index contributed by atoms with van der Waals surface area (Å²) in [5, 5.41) is 13.1. The molecule has 2 heterocycles. The van der Waals surface area contributed by atoms with Gasteiger partial charge in [-0.2, -0.15) is 0 Å². The van der Waals surface area contributed by atoms with E-state index < -0.39 is 17.8 Å². The van der Waals surface area contributed by atoms with Crippen LogP contribution in [-0.4, -0.2) is 46.9 Å². The number of aromatic nitrogens is 2. The highest BCUT2D eigenvalue weighted by molar-refractivity contribution is 5.94. The van der Waals surface area contributed by atoms with E-state index in [1.165, 1.54) is 12.1 Å². The van der Waals surface area contributed by atoms with Crippen molar-refractivity contribution in [1.82, 2.24) is 9.55 Å². The second kappa shape index (κ2) is 8.58. The summed E-state index contributed by atoms with van der Waals surface area (Å²) in [5.41, 5.74) is 2.18. The number of aromatic carboxylic acids is 1. The first kappa shape index (κ1) is 21.8. The zero-order valence-corrected chi connectivity index (χ0v) is 18.2. The third-order valence-electron chi connectivity index (χ3n) is 5.68. The molecule has 0 bridgehead atoms. The van der Waals surface area contributed by atoms with E-state index in [4.69, 9.17) is 9.72 Å². The van der Waals surface area contributed by atoms with Crippen molar-refractivity contribution in [2.24, 2.45) is 7.05 Å². The Labute approximate surface area is 184 Å². The van der Waals surface area contributed by atoms with Crippen LogP contribution in [0.4, 0.5) is 16.0 Å². The molecule has 168 valence electrons. The molecule has 0 radical (unpaired) electrons. The molecule has 1 aliphatic rings. The Bertz CT molecular complexity index is 1250. The van der Waals surface area contributed by atoms with Crippen molar-refractivity contribution >= 4 is 28.5 Å². The third kappa shape index (κ3) is 4.03. The Morgan fingerprint density at radius 3 is 2.66 bits per heavy atom. The van der Waals surface area contributed by atoms with Gasteiger partial charge in [0.15, 0.2) is 0 Å². The Hall–Kier alpha value is -3.46. The van der Waals surface area contributed by atoms with Crippen LogP contribution < -0.4 is 15.8 Å². The zero-order chi connectivity index (χ0) is 23.0. The van der Waals surface area contributed by atoms with Crippen LogP contribution >= 0.6 is 0 Å². The lowest BCUT2D eigenvalue weighted by Gasteiger charge is -2.29. The highest BCUT2D eigenvalue weighted by atomic mass is 19.1. The Balaban J connectivity index is 1.82. The number of benzene rings is 2. The van der Waals surface area contributed by atoms with Crippen molar-refractivity contribution in [2.75, 3.05) is 36.5 Å². The van der Waals surface area contributed by atoms with Gasteiger partial charge in [-0.1, -0.05) is 6.07 Å². The minimum atomic E-state index is -1.23. The molecule has 0 saturated carbocycles. The standard InChI is InChI=1S/C23H25FN4O4/c1-13-10-16(14(2)25-19-5-4-15(24)12-17(19)22(30)31)20-18(11-13)21(29)27(3)23(26-20)28-6-8-32-9-7-28/h4-5,10-12,14,25H,6-9H2,1-3H3,(H,30,31)/t14-/m1/s1. The molecule has 4 rings (SSSR count). The second-order valence-electron chi connectivity index (χ2n) is 7.99. The van der Waals surface area contributed by atoms with E-state index in [1.807, 2.05) is 30.9 Å². The maximum absolute atomic E-state index is 13.6. The van der Waals surface area contributed by atoms with Crippen molar-refractivity contribution in [3.8, 4) is 0 Å². The molecule has 1 saturated heterocycles. The third-order valence-corrected chi connectivity index (χ3v) is 5.68. The van der Waals surface area contributed by atoms with Gasteiger partial charge in [-0.25, -0.2) is 14.2 Å². The van der Waals surface area contributed by atoms with Gasteiger partial charge in [0.25, 0.3) is 5.56 Å². The lowest BCUT2D eigenvalue weighted by Crippen LogP contribution is -2.40. The number of carboxylic acid groups (broad SMARTS) is 1. The van der Waals surface area contributed by atoms with Crippen LogP contribution in [0.2, 0.25) is 0 Å². The summed E-state index contributed by atoms with van der Waals surface area (Å²) < 4.78 is 20.6. The van der Waals surface area contributed by atoms with Gasteiger partial charge in [0, 0.05) is 31.4 Å². The van der Waals surface area contributed by atoms with Gasteiger partial charge < -0.3 is 20.1 Å². The summed E-state index contributed by atoms with van der Waals surface area (Å²) in [6, 6.07) is 6.94. The number of ether oxygens (including phenoxy) is 1. The van der Waals surface area contributed by atoms with Crippen LogP contribution in [0.15, 0.2) is 35.1 Å². The minimum absolute atomic E-state index is 0.151. The first-order valence-electron chi connectivity index (χ1n) is 10.4. The highest BCUT2D eigenvalue weighted by Crippen LogP contribution is 2.29. The fourth-order valence-electron chi connectivity index (χ4n) is 4.05. The van der Waals surface area contributed by atoms with Gasteiger partial charge in [0.05, 0.1) is 35.7 Å². The molecule has 1 aromatic heterocycles. The van der Waals surface area contributed by atoms with E-state index in [0.717, 1.165) is 17.2 Å². The molecule has 1 atom stereocenters. The zero-order valence-electron chi connectivity index (χ0n) is 18.2. The largest absolute Gasteiger partial charge is 0.478 e.